The summed E-state index contributed by atoms with van der Waals surface area (Å²) in [6.45, 7) is 4.40. The Morgan fingerprint density at radius 1 is 1.31 bits per heavy atom. The normalized spacial score (nSPS) is 12.2. The SMILES string of the molecule is CCOc1ccc2nc(SC(C)C(=O)Nc3cc(Cl)ccc3Cl)sc2c1. The van der Waals surface area contributed by atoms with Crippen LogP contribution in [0.1, 0.15) is 13.8 Å². The third-order valence-corrected chi connectivity index (χ3v) is 6.26. The zero-order valence-electron chi connectivity index (χ0n) is 14.1. The number of nitrogens with zero attached hydrogens (tertiary/aromatic N) is 1. The summed E-state index contributed by atoms with van der Waals surface area (Å²) in [5, 5.41) is 3.44. The molecule has 2 aromatic carbocycles. The molecule has 1 heterocycles. The average molecular weight is 427 g/mol. The summed E-state index contributed by atoms with van der Waals surface area (Å²) in [7, 11) is 0. The van der Waals surface area contributed by atoms with E-state index < -0.39 is 0 Å². The number of aromatic nitrogens is 1. The van der Waals surface area contributed by atoms with Gasteiger partial charge in [-0.15, -0.1) is 11.3 Å². The number of rotatable bonds is 6. The van der Waals surface area contributed by atoms with Crippen LogP contribution in [0.3, 0.4) is 0 Å². The minimum atomic E-state index is -0.336. The number of anilines is 1. The Hall–Kier alpha value is -1.47. The first kappa shape index (κ1) is 19.3. The van der Waals surface area contributed by atoms with E-state index >= 15 is 0 Å². The Bertz CT molecular complexity index is 946. The van der Waals surface area contributed by atoms with E-state index in [0.29, 0.717) is 22.3 Å². The molecule has 3 aromatic rings. The standard InChI is InChI=1S/C18H16Cl2N2O2S2/c1-3-24-12-5-7-14-16(9-12)26-18(22-14)25-10(2)17(23)21-15-8-11(19)4-6-13(15)20/h4-10H,3H2,1-2H3,(H,21,23). The molecule has 0 radical (unpaired) electrons. The summed E-state index contributed by atoms with van der Waals surface area (Å²) >= 11 is 15.0. The molecule has 4 nitrogen and oxygen atoms in total. The van der Waals surface area contributed by atoms with Crippen LogP contribution in [0.5, 0.6) is 5.75 Å². The van der Waals surface area contributed by atoms with Crippen molar-refractivity contribution < 1.29 is 9.53 Å². The fourth-order valence-corrected chi connectivity index (χ4v) is 4.80. The topological polar surface area (TPSA) is 51.2 Å². The Kier molecular flexibility index (Phi) is 6.29. The van der Waals surface area contributed by atoms with Gasteiger partial charge in [-0.1, -0.05) is 35.0 Å². The predicted octanol–water partition coefficient (Wildman–Crippen LogP) is 6.12. The second-order valence-corrected chi connectivity index (χ2v) is 8.88. The minimum absolute atomic E-state index is 0.159. The molecule has 136 valence electrons. The molecule has 0 saturated heterocycles. The van der Waals surface area contributed by atoms with Gasteiger partial charge in [-0.2, -0.15) is 0 Å². The molecule has 1 amide bonds. The molecule has 1 atom stereocenters. The largest absolute Gasteiger partial charge is 0.494 e. The number of benzene rings is 2. The highest BCUT2D eigenvalue weighted by Crippen LogP contribution is 2.34. The Labute approximate surface area is 169 Å². The van der Waals surface area contributed by atoms with Gasteiger partial charge in [0.1, 0.15) is 5.75 Å². The van der Waals surface area contributed by atoms with Gasteiger partial charge in [0.25, 0.3) is 0 Å². The maximum Gasteiger partial charge on any atom is 0.237 e. The van der Waals surface area contributed by atoms with Crippen molar-refractivity contribution in [2.45, 2.75) is 23.4 Å². The summed E-state index contributed by atoms with van der Waals surface area (Å²) < 4.78 is 7.37. The molecule has 0 aliphatic heterocycles. The van der Waals surface area contributed by atoms with Gasteiger partial charge < -0.3 is 10.1 Å². The first-order chi connectivity index (χ1) is 12.5. The first-order valence-corrected chi connectivity index (χ1v) is 10.4. The summed E-state index contributed by atoms with van der Waals surface area (Å²) in [5.74, 6) is 0.662. The van der Waals surface area contributed by atoms with Crippen LogP contribution < -0.4 is 10.1 Å². The van der Waals surface area contributed by atoms with Gasteiger partial charge in [-0.25, -0.2) is 4.98 Å². The van der Waals surface area contributed by atoms with E-state index in [1.54, 1.807) is 18.2 Å². The summed E-state index contributed by atoms with van der Waals surface area (Å²) in [4.78, 5) is 17.0. The Balaban J connectivity index is 1.70. The molecular formula is C18H16Cl2N2O2S2. The minimum Gasteiger partial charge on any atom is -0.494 e. The number of halogens is 2. The van der Waals surface area contributed by atoms with E-state index in [1.165, 1.54) is 23.1 Å². The number of hydrogen-bond donors (Lipinski definition) is 1. The molecule has 0 aliphatic carbocycles. The van der Waals surface area contributed by atoms with Crippen molar-refractivity contribution in [2.24, 2.45) is 0 Å². The molecule has 0 aliphatic rings. The number of amides is 1. The average Bonchev–Trinajstić information content (AvgIpc) is 2.99. The molecular weight excluding hydrogens is 411 g/mol. The lowest BCUT2D eigenvalue weighted by Crippen LogP contribution is -2.22. The lowest BCUT2D eigenvalue weighted by Gasteiger charge is -2.11. The fourth-order valence-electron chi connectivity index (χ4n) is 2.22. The molecule has 8 heteroatoms. The van der Waals surface area contributed by atoms with Crippen molar-refractivity contribution >= 4 is 68.1 Å². The Morgan fingerprint density at radius 2 is 2.12 bits per heavy atom. The van der Waals surface area contributed by atoms with Crippen LogP contribution in [0, 0.1) is 0 Å². The monoisotopic (exact) mass is 426 g/mol. The predicted molar refractivity (Wildman–Crippen MR) is 111 cm³/mol. The number of hydrogen-bond acceptors (Lipinski definition) is 5. The number of carbonyl (C=O) groups excluding carboxylic acids is 1. The van der Waals surface area contributed by atoms with Gasteiger partial charge in [0.05, 0.1) is 32.8 Å². The van der Waals surface area contributed by atoms with E-state index in [4.69, 9.17) is 27.9 Å². The molecule has 0 spiro atoms. The van der Waals surface area contributed by atoms with E-state index in [0.717, 1.165) is 20.3 Å². The van der Waals surface area contributed by atoms with Crippen LogP contribution >= 0.6 is 46.3 Å². The lowest BCUT2D eigenvalue weighted by atomic mass is 10.3. The second-order valence-electron chi connectivity index (χ2n) is 5.42. The van der Waals surface area contributed by atoms with Gasteiger partial charge in [0, 0.05) is 5.02 Å². The first-order valence-electron chi connectivity index (χ1n) is 7.92. The quantitative estimate of drug-likeness (QED) is 0.482. The number of nitrogens with one attached hydrogen (secondary N) is 1. The van der Waals surface area contributed by atoms with Crippen LogP contribution in [0.15, 0.2) is 40.7 Å². The van der Waals surface area contributed by atoms with Crippen molar-refractivity contribution in [1.82, 2.24) is 4.98 Å². The van der Waals surface area contributed by atoms with Crippen LogP contribution in [0.2, 0.25) is 10.0 Å². The molecule has 1 N–H and O–H groups in total. The Morgan fingerprint density at radius 3 is 2.88 bits per heavy atom. The fraction of sp³-hybridized carbons (Fsp3) is 0.222. The molecule has 0 saturated carbocycles. The molecule has 1 aromatic heterocycles. The van der Waals surface area contributed by atoms with Crippen LogP contribution in [-0.4, -0.2) is 22.7 Å². The van der Waals surface area contributed by atoms with E-state index in [9.17, 15) is 4.79 Å². The third kappa shape index (κ3) is 4.62. The number of carbonyl (C=O) groups is 1. The summed E-state index contributed by atoms with van der Waals surface area (Å²) in [5.41, 5.74) is 1.40. The van der Waals surface area contributed by atoms with Gasteiger partial charge in [-0.05, 0) is 50.2 Å². The molecule has 3 rings (SSSR count). The smallest absolute Gasteiger partial charge is 0.237 e. The zero-order valence-corrected chi connectivity index (χ0v) is 17.2. The number of ether oxygens (including phenoxy) is 1. The van der Waals surface area contributed by atoms with Crippen molar-refractivity contribution in [3.05, 3.63) is 46.4 Å². The highest BCUT2D eigenvalue weighted by Gasteiger charge is 2.18. The molecule has 26 heavy (non-hydrogen) atoms. The highest BCUT2D eigenvalue weighted by atomic mass is 35.5. The van der Waals surface area contributed by atoms with E-state index in [-0.39, 0.29) is 11.2 Å². The lowest BCUT2D eigenvalue weighted by molar-refractivity contribution is -0.115. The van der Waals surface area contributed by atoms with Gasteiger partial charge in [-0.3, -0.25) is 4.79 Å². The van der Waals surface area contributed by atoms with Crippen molar-refractivity contribution in [1.29, 1.82) is 0 Å². The molecule has 1 unspecified atom stereocenters. The number of thioether (sulfide) groups is 1. The van der Waals surface area contributed by atoms with E-state index in [1.807, 2.05) is 32.0 Å². The maximum absolute atomic E-state index is 12.5. The van der Waals surface area contributed by atoms with Crippen LogP contribution in [0.4, 0.5) is 5.69 Å². The summed E-state index contributed by atoms with van der Waals surface area (Å²) in [6, 6.07) is 10.8. The summed E-state index contributed by atoms with van der Waals surface area (Å²) in [6.07, 6.45) is 0. The molecule has 0 fully saturated rings. The van der Waals surface area contributed by atoms with Gasteiger partial charge in [0.2, 0.25) is 5.91 Å². The van der Waals surface area contributed by atoms with Crippen molar-refractivity contribution in [3.8, 4) is 5.75 Å². The maximum atomic E-state index is 12.5. The van der Waals surface area contributed by atoms with Crippen molar-refractivity contribution in [2.75, 3.05) is 11.9 Å². The zero-order chi connectivity index (χ0) is 18.7. The van der Waals surface area contributed by atoms with Crippen LogP contribution in [0.25, 0.3) is 10.2 Å². The third-order valence-electron chi connectivity index (χ3n) is 3.48. The molecule has 0 bridgehead atoms. The number of fused-ring (bicyclic) bond motifs is 1. The van der Waals surface area contributed by atoms with Crippen LogP contribution in [-0.2, 0) is 4.79 Å². The number of thiazole rings is 1. The van der Waals surface area contributed by atoms with E-state index in [2.05, 4.69) is 10.3 Å². The van der Waals surface area contributed by atoms with Gasteiger partial charge >= 0.3 is 0 Å². The highest BCUT2D eigenvalue weighted by molar-refractivity contribution is 8.02. The van der Waals surface area contributed by atoms with Crippen molar-refractivity contribution in [3.63, 3.8) is 0 Å². The van der Waals surface area contributed by atoms with Gasteiger partial charge in [0.15, 0.2) is 4.34 Å². The second kappa shape index (κ2) is 8.48.